The Morgan fingerprint density at radius 2 is 1.86 bits per heavy atom. The van der Waals surface area contributed by atoms with Gasteiger partial charge in [-0.3, -0.25) is 5.32 Å². The predicted octanol–water partition coefficient (Wildman–Crippen LogP) is 2.04. The Morgan fingerprint density at radius 1 is 1.14 bits per heavy atom. The molecule has 1 fully saturated rings. The molecular weight excluding hydrogens is 266 g/mol. The summed E-state index contributed by atoms with van der Waals surface area (Å²) in [5.74, 6) is 1.92. The number of guanidine groups is 2. The first-order valence-corrected chi connectivity index (χ1v) is 7.32. The number of ether oxygens (including phenoxy) is 1. The molecule has 4 N–H and O–H groups in total. The molecule has 1 spiro atoms. The second-order valence-electron chi connectivity index (χ2n) is 5.48. The Hall–Kier alpha value is -2.24. The molecule has 0 atom stereocenters. The molecule has 0 unspecified atom stereocenters. The van der Waals surface area contributed by atoms with E-state index in [0.717, 1.165) is 37.1 Å². The Morgan fingerprint density at radius 3 is 2.52 bits per heavy atom. The molecule has 0 bridgehead atoms. The van der Waals surface area contributed by atoms with E-state index < -0.39 is 0 Å². The van der Waals surface area contributed by atoms with Crippen molar-refractivity contribution in [3.63, 3.8) is 0 Å². The summed E-state index contributed by atoms with van der Waals surface area (Å²) in [7, 11) is 1.65. The maximum atomic E-state index is 5.93. The third-order valence-corrected chi connectivity index (χ3v) is 3.90. The fourth-order valence-corrected chi connectivity index (χ4v) is 2.85. The summed E-state index contributed by atoms with van der Waals surface area (Å²) < 4.78 is 5.15. The van der Waals surface area contributed by atoms with E-state index in [-0.39, 0.29) is 5.66 Å². The first kappa shape index (κ1) is 13.7. The third-order valence-electron chi connectivity index (χ3n) is 3.90. The van der Waals surface area contributed by atoms with Crippen molar-refractivity contribution < 1.29 is 4.74 Å². The van der Waals surface area contributed by atoms with Crippen molar-refractivity contribution in [1.82, 2.24) is 5.32 Å². The average Bonchev–Trinajstić information content (AvgIpc) is 2.48. The van der Waals surface area contributed by atoms with Crippen LogP contribution in [0.1, 0.15) is 32.1 Å². The van der Waals surface area contributed by atoms with Gasteiger partial charge in [0.2, 0.25) is 5.96 Å². The lowest BCUT2D eigenvalue weighted by atomic mass is 9.90. The maximum absolute atomic E-state index is 5.93. The van der Waals surface area contributed by atoms with Gasteiger partial charge in [-0.2, -0.15) is 0 Å². The molecule has 21 heavy (non-hydrogen) atoms. The summed E-state index contributed by atoms with van der Waals surface area (Å²) in [6.45, 7) is 0. The number of aliphatic imine (C=N–C) groups is 2. The summed E-state index contributed by atoms with van der Waals surface area (Å²) in [6, 6.07) is 7.69. The van der Waals surface area contributed by atoms with Crippen LogP contribution in [0.15, 0.2) is 34.3 Å². The standard InChI is InChI=1S/C15H21N5O/c1-21-12-7-5-11(6-8-12)17-14-18-13(16)19-15(20-14)9-3-2-4-10-15/h5-8H,2-4,9-10H2,1H3,(H4,16,17,18,19,20). The Bertz CT molecular complexity index is 558. The molecule has 6 heteroatoms. The van der Waals surface area contributed by atoms with E-state index in [1.165, 1.54) is 6.42 Å². The van der Waals surface area contributed by atoms with Gasteiger partial charge in [0, 0.05) is 5.69 Å². The van der Waals surface area contributed by atoms with Gasteiger partial charge in [0.25, 0.3) is 0 Å². The molecular formula is C15H21N5O. The Balaban J connectivity index is 1.77. The zero-order valence-electron chi connectivity index (χ0n) is 12.2. The van der Waals surface area contributed by atoms with E-state index in [9.17, 15) is 0 Å². The third kappa shape index (κ3) is 3.09. The van der Waals surface area contributed by atoms with Gasteiger partial charge in [-0.25, -0.2) is 9.98 Å². The minimum atomic E-state index is -0.373. The van der Waals surface area contributed by atoms with Crippen LogP contribution >= 0.6 is 0 Å². The largest absolute Gasteiger partial charge is 0.497 e. The van der Waals surface area contributed by atoms with Crippen LogP contribution in [0, 0.1) is 0 Å². The fourth-order valence-electron chi connectivity index (χ4n) is 2.85. The molecule has 1 aromatic carbocycles. The monoisotopic (exact) mass is 287 g/mol. The number of hydrogen-bond donors (Lipinski definition) is 3. The molecule has 0 aromatic heterocycles. The summed E-state index contributed by atoms with van der Waals surface area (Å²) >= 11 is 0. The summed E-state index contributed by atoms with van der Waals surface area (Å²) in [4.78, 5) is 9.29. The normalized spacial score (nSPS) is 20.2. The molecule has 1 aliphatic heterocycles. The molecule has 6 nitrogen and oxygen atoms in total. The van der Waals surface area contributed by atoms with Gasteiger partial charge >= 0.3 is 0 Å². The lowest BCUT2D eigenvalue weighted by molar-refractivity contribution is 0.307. The van der Waals surface area contributed by atoms with Crippen LogP contribution in [0.3, 0.4) is 0 Å². The zero-order valence-corrected chi connectivity index (χ0v) is 12.2. The number of nitrogens with one attached hydrogen (secondary N) is 2. The number of benzene rings is 1. The van der Waals surface area contributed by atoms with Crippen molar-refractivity contribution in [1.29, 1.82) is 0 Å². The van der Waals surface area contributed by atoms with E-state index in [4.69, 9.17) is 15.5 Å². The SMILES string of the molecule is COc1ccc(NC2=NC3(CCCCC3)N=C(N)N2)cc1. The molecule has 2 aliphatic rings. The minimum absolute atomic E-state index is 0.373. The molecule has 1 aliphatic carbocycles. The van der Waals surface area contributed by atoms with Gasteiger partial charge in [-0.1, -0.05) is 6.42 Å². The number of rotatable bonds is 2. The first-order valence-electron chi connectivity index (χ1n) is 7.32. The smallest absolute Gasteiger partial charge is 0.205 e. The van der Waals surface area contributed by atoms with E-state index in [2.05, 4.69) is 15.6 Å². The maximum Gasteiger partial charge on any atom is 0.205 e. The van der Waals surface area contributed by atoms with Crippen LogP contribution in [0.5, 0.6) is 5.75 Å². The molecule has 1 heterocycles. The van der Waals surface area contributed by atoms with Crippen molar-refractivity contribution in [2.75, 3.05) is 12.4 Å². The van der Waals surface area contributed by atoms with Crippen molar-refractivity contribution in [2.45, 2.75) is 37.8 Å². The fraction of sp³-hybridized carbons (Fsp3) is 0.467. The lowest BCUT2D eigenvalue weighted by Crippen LogP contribution is -2.49. The molecule has 0 saturated heterocycles. The van der Waals surface area contributed by atoms with Crippen molar-refractivity contribution in [2.24, 2.45) is 15.7 Å². The van der Waals surface area contributed by atoms with Crippen LogP contribution in [0.25, 0.3) is 0 Å². The number of nitrogens with zero attached hydrogens (tertiary/aromatic N) is 2. The summed E-state index contributed by atoms with van der Waals surface area (Å²) in [5, 5.41) is 6.26. The van der Waals surface area contributed by atoms with Crippen LogP contribution in [0.2, 0.25) is 0 Å². The second kappa shape index (κ2) is 5.63. The molecule has 112 valence electrons. The Kier molecular flexibility index (Phi) is 3.68. The van der Waals surface area contributed by atoms with Gasteiger partial charge in [0.05, 0.1) is 7.11 Å². The van der Waals surface area contributed by atoms with E-state index in [1.54, 1.807) is 7.11 Å². The topological polar surface area (TPSA) is 84.0 Å². The zero-order chi connectivity index (χ0) is 14.7. The summed E-state index contributed by atoms with van der Waals surface area (Å²) in [5.41, 5.74) is 6.49. The van der Waals surface area contributed by atoms with Crippen LogP contribution in [0.4, 0.5) is 5.69 Å². The second-order valence-corrected chi connectivity index (χ2v) is 5.48. The van der Waals surface area contributed by atoms with E-state index >= 15 is 0 Å². The highest BCUT2D eigenvalue weighted by Crippen LogP contribution is 2.34. The highest BCUT2D eigenvalue weighted by atomic mass is 16.5. The molecule has 3 rings (SSSR count). The predicted molar refractivity (Wildman–Crippen MR) is 84.6 cm³/mol. The minimum Gasteiger partial charge on any atom is -0.497 e. The number of methoxy groups -OCH3 is 1. The van der Waals surface area contributed by atoms with Crippen LogP contribution in [-0.2, 0) is 0 Å². The van der Waals surface area contributed by atoms with Crippen LogP contribution in [-0.4, -0.2) is 24.7 Å². The molecule has 0 radical (unpaired) electrons. The Labute approximate surface area is 124 Å². The molecule has 1 aromatic rings. The molecule has 0 amide bonds. The highest BCUT2D eigenvalue weighted by Gasteiger charge is 2.34. The van der Waals surface area contributed by atoms with Gasteiger partial charge in [-0.05, 0) is 49.9 Å². The number of nitrogens with two attached hydrogens (primary N) is 1. The van der Waals surface area contributed by atoms with Gasteiger partial charge in [0.15, 0.2) is 11.6 Å². The quantitative estimate of drug-likeness (QED) is 0.777. The van der Waals surface area contributed by atoms with Gasteiger partial charge in [0.1, 0.15) is 5.75 Å². The van der Waals surface area contributed by atoms with Gasteiger partial charge < -0.3 is 15.8 Å². The highest BCUT2D eigenvalue weighted by molar-refractivity contribution is 6.06. The van der Waals surface area contributed by atoms with E-state index in [1.807, 2.05) is 24.3 Å². The van der Waals surface area contributed by atoms with Crippen molar-refractivity contribution >= 4 is 17.6 Å². The first-order chi connectivity index (χ1) is 10.2. The van der Waals surface area contributed by atoms with Crippen molar-refractivity contribution in [3.8, 4) is 5.75 Å². The average molecular weight is 287 g/mol. The van der Waals surface area contributed by atoms with Crippen LogP contribution < -0.4 is 21.1 Å². The van der Waals surface area contributed by atoms with Gasteiger partial charge in [-0.15, -0.1) is 0 Å². The molecule has 1 saturated carbocycles. The summed E-state index contributed by atoms with van der Waals surface area (Å²) in [6.07, 6.45) is 5.47. The lowest BCUT2D eigenvalue weighted by Gasteiger charge is -2.34. The number of anilines is 1. The van der Waals surface area contributed by atoms with Crippen molar-refractivity contribution in [3.05, 3.63) is 24.3 Å². The number of hydrogen-bond acceptors (Lipinski definition) is 6. The van der Waals surface area contributed by atoms with E-state index in [0.29, 0.717) is 11.9 Å².